The molecule has 160 valence electrons. The summed E-state index contributed by atoms with van der Waals surface area (Å²) in [5, 5.41) is 0.933. The van der Waals surface area contributed by atoms with Crippen molar-refractivity contribution in [3.8, 4) is 11.5 Å². The number of halogens is 2. The predicted molar refractivity (Wildman–Crippen MR) is 113 cm³/mol. The van der Waals surface area contributed by atoms with Crippen molar-refractivity contribution in [2.75, 3.05) is 19.8 Å². The van der Waals surface area contributed by atoms with E-state index in [0.29, 0.717) is 41.0 Å². The fourth-order valence-corrected chi connectivity index (χ4v) is 3.35. The second-order valence-electron chi connectivity index (χ2n) is 6.76. The van der Waals surface area contributed by atoms with Crippen LogP contribution in [0.15, 0.2) is 42.5 Å². The number of hydrogen-bond acceptors (Lipinski definition) is 6. The Morgan fingerprint density at radius 3 is 2.77 bits per heavy atom. The third-order valence-corrected chi connectivity index (χ3v) is 4.93. The molecule has 0 bridgehead atoms. The molecule has 0 aliphatic carbocycles. The molecule has 1 fully saturated rings. The lowest BCUT2D eigenvalue weighted by molar-refractivity contribution is -0.134. The zero-order valence-electron chi connectivity index (χ0n) is 16.3. The molecule has 1 aliphatic rings. The van der Waals surface area contributed by atoms with Gasteiger partial charge in [0.2, 0.25) is 0 Å². The van der Waals surface area contributed by atoms with Gasteiger partial charge in [-0.05, 0) is 55.7 Å². The minimum absolute atomic E-state index is 0.0417. The summed E-state index contributed by atoms with van der Waals surface area (Å²) in [5.41, 5.74) is 0.319. The first-order valence-corrected chi connectivity index (χ1v) is 10.4. The molecule has 2 aromatic rings. The van der Waals surface area contributed by atoms with Gasteiger partial charge in [0.05, 0.1) is 23.3 Å². The Morgan fingerprint density at radius 1 is 1.13 bits per heavy atom. The Morgan fingerprint density at radius 2 is 2.00 bits per heavy atom. The monoisotopic (exact) mass is 452 g/mol. The van der Waals surface area contributed by atoms with E-state index in [4.69, 9.17) is 42.1 Å². The second-order valence-corrected chi connectivity index (χ2v) is 7.61. The predicted octanol–water partition coefficient (Wildman–Crippen LogP) is 5.09. The van der Waals surface area contributed by atoms with Gasteiger partial charge in [0.25, 0.3) is 0 Å². The van der Waals surface area contributed by atoms with Crippen LogP contribution in [0, 0.1) is 0 Å². The van der Waals surface area contributed by atoms with Crippen molar-refractivity contribution >= 4 is 35.1 Å². The van der Waals surface area contributed by atoms with Gasteiger partial charge in [-0.25, -0.2) is 4.79 Å². The van der Waals surface area contributed by atoms with Crippen LogP contribution in [0.5, 0.6) is 11.5 Å². The maximum atomic E-state index is 12.2. The van der Waals surface area contributed by atoms with E-state index in [9.17, 15) is 9.59 Å². The van der Waals surface area contributed by atoms with E-state index in [1.165, 1.54) is 6.07 Å². The van der Waals surface area contributed by atoms with Crippen molar-refractivity contribution in [1.82, 2.24) is 0 Å². The van der Waals surface area contributed by atoms with E-state index in [-0.39, 0.29) is 24.9 Å². The first kappa shape index (κ1) is 22.4. The fourth-order valence-electron chi connectivity index (χ4n) is 2.89. The third-order valence-electron chi connectivity index (χ3n) is 4.40. The molecule has 30 heavy (non-hydrogen) atoms. The highest BCUT2D eigenvalue weighted by atomic mass is 35.5. The van der Waals surface area contributed by atoms with Crippen LogP contribution in [0.2, 0.25) is 10.0 Å². The molecule has 0 radical (unpaired) electrons. The van der Waals surface area contributed by atoms with Crippen molar-refractivity contribution < 1.29 is 28.5 Å². The summed E-state index contributed by atoms with van der Waals surface area (Å²) in [6.45, 7) is 1.22. The first-order valence-electron chi connectivity index (χ1n) is 9.68. The molecule has 1 saturated heterocycles. The zero-order valence-corrected chi connectivity index (χ0v) is 17.8. The average molecular weight is 453 g/mol. The van der Waals surface area contributed by atoms with Gasteiger partial charge in [0.15, 0.2) is 0 Å². The maximum absolute atomic E-state index is 12.2. The third kappa shape index (κ3) is 6.90. The average Bonchev–Trinajstić information content (AvgIpc) is 3.24. The van der Waals surface area contributed by atoms with E-state index in [2.05, 4.69) is 0 Å². The van der Waals surface area contributed by atoms with Crippen LogP contribution >= 0.6 is 23.2 Å². The maximum Gasteiger partial charge on any atom is 0.338 e. The molecule has 0 amide bonds. The van der Waals surface area contributed by atoms with Gasteiger partial charge in [0.1, 0.15) is 18.1 Å². The highest BCUT2D eigenvalue weighted by Gasteiger charge is 2.18. The molecule has 2 aromatic carbocycles. The van der Waals surface area contributed by atoms with Gasteiger partial charge in [0, 0.05) is 18.1 Å². The number of benzene rings is 2. The van der Waals surface area contributed by atoms with Gasteiger partial charge in [-0.3, -0.25) is 4.79 Å². The largest absolute Gasteiger partial charge is 0.492 e. The minimum atomic E-state index is -0.475. The lowest BCUT2D eigenvalue weighted by atomic mass is 10.2. The molecule has 1 aliphatic heterocycles. The molecule has 1 heterocycles. The minimum Gasteiger partial charge on any atom is -0.492 e. The van der Waals surface area contributed by atoms with Gasteiger partial charge in [-0.15, -0.1) is 0 Å². The van der Waals surface area contributed by atoms with Crippen molar-refractivity contribution in [1.29, 1.82) is 0 Å². The van der Waals surface area contributed by atoms with E-state index >= 15 is 0 Å². The highest BCUT2D eigenvalue weighted by Crippen LogP contribution is 2.27. The molecule has 1 atom stereocenters. The normalized spacial score (nSPS) is 15.6. The lowest BCUT2D eigenvalue weighted by Gasteiger charge is -2.11. The van der Waals surface area contributed by atoms with Gasteiger partial charge < -0.3 is 18.9 Å². The van der Waals surface area contributed by atoms with Gasteiger partial charge >= 0.3 is 11.9 Å². The van der Waals surface area contributed by atoms with E-state index in [1.54, 1.807) is 36.4 Å². The second kappa shape index (κ2) is 11.2. The number of ether oxygens (including phenoxy) is 4. The SMILES string of the molecule is O=C(CCCOc1ccc(Cl)cc1Cl)Oc1cccc(C(=O)OCC2CCCO2)c1. The van der Waals surface area contributed by atoms with Crippen molar-refractivity contribution in [2.24, 2.45) is 0 Å². The Hall–Kier alpha value is -2.28. The molecule has 3 rings (SSSR count). The van der Waals surface area contributed by atoms with E-state index in [1.807, 2.05) is 0 Å². The van der Waals surface area contributed by atoms with Crippen LogP contribution in [0.1, 0.15) is 36.0 Å². The Labute approximate surface area is 185 Å². The topological polar surface area (TPSA) is 71.1 Å². The van der Waals surface area contributed by atoms with Gasteiger partial charge in [-0.1, -0.05) is 29.3 Å². The lowest BCUT2D eigenvalue weighted by Crippen LogP contribution is -2.18. The summed E-state index contributed by atoms with van der Waals surface area (Å²) in [6, 6.07) is 11.3. The number of carbonyl (C=O) groups is 2. The summed E-state index contributed by atoms with van der Waals surface area (Å²) in [6.07, 6.45) is 2.42. The molecular formula is C22H22Cl2O6. The van der Waals surface area contributed by atoms with Crippen LogP contribution < -0.4 is 9.47 Å². The molecular weight excluding hydrogens is 431 g/mol. The molecule has 0 saturated carbocycles. The molecule has 6 nitrogen and oxygen atoms in total. The summed E-state index contributed by atoms with van der Waals surface area (Å²) < 4.78 is 21.5. The molecule has 0 spiro atoms. The Bertz CT molecular complexity index is 880. The van der Waals surface area contributed by atoms with Crippen LogP contribution in [-0.2, 0) is 14.3 Å². The van der Waals surface area contributed by atoms with Crippen molar-refractivity contribution in [3.05, 3.63) is 58.1 Å². The van der Waals surface area contributed by atoms with Crippen LogP contribution in [-0.4, -0.2) is 37.9 Å². The Balaban J connectivity index is 1.41. The smallest absolute Gasteiger partial charge is 0.338 e. The first-order chi connectivity index (χ1) is 14.5. The summed E-state index contributed by atoms with van der Waals surface area (Å²) in [7, 11) is 0. The highest BCUT2D eigenvalue weighted by molar-refractivity contribution is 6.35. The quantitative estimate of drug-likeness (QED) is 0.299. The van der Waals surface area contributed by atoms with Gasteiger partial charge in [-0.2, -0.15) is 0 Å². The number of hydrogen-bond donors (Lipinski definition) is 0. The van der Waals surface area contributed by atoms with E-state index in [0.717, 1.165) is 12.8 Å². The molecule has 8 heteroatoms. The summed E-state index contributed by atoms with van der Waals surface area (Å²) in [4.78, 5) is 24.2. The summed E-state index contributed by atoms with van der Waals surface area (Å²) >= 11 is 11.9. The standard InChI is InChI=1S/C22H22Cl2O6/c23-16-8-9-20(19(24)13-16)28-11-3-7-21(25)30-17-5-1-4-15(12-17)22(26)29-14-18-6-2-10-27-18/h1,4-5,8-9,12-13,18H,2-3,6-7,10-11,14H2. The zero-order chi connectivity index (χ0) is 21.3. The molecule has 1 unspecified atom stereocenters. The van der Waals surface area contributed by atoms with Crippen LogP contribution in [0.25, 0.3) is 0 Å². The number of esters is 2. The van der Waals surface area contributed by atoms with Crippen LogP contribution in [0.3, 0.4) is 0 Å². The van der Waals surface area contributed by atoms with E-state index < -0.39 is 11.9 Å². The fraction of sp³-hybridized carbons (Fsp3) is 0.364. The Kier molecular flexibility index (Phi) is 8.37. The number of rotatable bonds is 9. The number of carbonyl (C=O) groups excluding carboxylic acids is 2. The van der Waals surface area contributed by atoms with Crippen molar-refractivity contribution in [2.45, 2.75) is 31.8 Å². The van der Waals surface area contributed by atoms with Crippen molar-refractivity contribution in [3.63, 3.8) is 0 Å². The summed E-state index contributed by atoms with van der Waals surface area (Å²) in [5.74, 6) is -0.112. The molecule has 0 N–H and O–H groups in total. The molecule has 0 aromatic heterocycles. The van der Waals surface area contributed by atoms with Crippen LogP contribution in [0.4, 0.5) is 0 Å².